The van der Waals surface area contributed by atoms with Crippen LogP contribution in [0.3, 0.4) is 0 Å². The van der Waals surface area contributed by atoms with Crippen LogP contribution < -0.4 is 4.74 Å². The third-order valence-electron chi connectivity index (χ3n) is 5.14. The third kappa shape index (κ3) is 5.53. The molecule has 0 heterocycles. The van der Waals surface area contributed by atoms with Crippen LogP contribution in [0.2, 0.25) is 0 Å². The Hall–Kier alpha value is -1.57. The molecule has 1 aliphatic rings. The Balaban J connectivity index is 1.87. The van der Waals surface area contributed by atoms with Crippen LogP contribution in [0.1, 0.15) is 71.3 Å². The first-order chi connectivity index (χ1) is 11.1. The van der Waals surface area contributed by atoms with Crippen LogP contribution in [0.25, 0.3) is 5.57 Å². The van der Waals surface area contributed by atoms with E-state index in [4.69, 9.17) is 4.74 Å². The van der Waals surface area contributed by atoms with Gasteiger partial charge in [-0.3, -0.25) is 4.79 Å². The fourth-order valence-electron chi connectivity index (χ4n) is 3.48. The average Bonchev–Trinajstić information content (AvgIpc) is 2.56. The van der Waals surface area contributed by atoms with Gasteiger partial charge in [0.25, 0.3) is 0 Å². The van der Waals surface area contributed by atoms with Gasteiger partial charge in [0, 0.05) is 6.92 Å². The van der Waals surface area contributed by atoms with Crippen LogP contribution in [0.4, 0.5) is 0 Å². The molecule has 1 unspecified atom stereocenters. The standard InChI is InChI=1S/C21H30O2/c1-4-17(5-2)6-7-18-8-10-19(11-9-18)20-12-14-21(15-13-20)23-16(3)22/h10,12-15,17-18H,4-9,11H2,1-3H3. The van der Waals surface area contributed by atoms with E-state index in [0.717, 1.165) is 11.8 Å². The van der Waals surface area contributed by atoms with E-state index in [1.165, 1.54) is 63.0 Å². The first-order valence-electron chi connectivity index (χ1n) is 9.10. The fraction of sp³-hybridized carbons (Fsp3) is 0.571. The van der Waals surface area contributed by atoms with Crippen molar-refractivity contribution in [1.82, 2.24) is 0 Å². The van der Waals surface area contributed by atoms with Gasteiger partial charge < -0.3 is 4.74 Å². The quantitative estimate of drug-likeness (QED) is 0.455. The first kappa shape index (κ1) is 17.8. The van der Waals surface area contributed by atoms with Crippen molar-refractivity contribution in [2.24, 2.45) is 11.8 Å². The van der Waals surface area contributed by atoms with E-state index in [2.05, 4.69) is 32.1 Å². The van der Waals surface area contributed by atoms with Crippen molar-refractivity contribution in [2.75, 3.05) is 0 Å². The molecule has 2 heteroatoms. The number of hydrogen-bond acceptors (Lipinski definition) is 2. The lowest BCUT2D eigenvalue weighted by Crippen LogP contribution is -2.08. The zero-order chi connectivity index (χ0) is 16.7. The molecule has 2 rings (SSSR count). The van der Waals surface area contributed by atoms with Gasteiger partial charge in [-0.15, -0.1) is 0 Å². The molecule has 0 bridgehead atoms. The molecule has 0 saturated carbocycles. The minimum absolute atomic E-state index is 0.269. The molecule has 0 aromatic heterocycles. The summed E-state index contributed by atoms with van der Waals surface area (Å²) in [7, 11) is 0. The van der Waals surface area contributed by atoms with Crippen molar-refractivity contribution in [1.29, 1.82) is 0 Å². The number of hydrogen-bond donors (Lipinski definition) is 0. The predicted molar refractivity (Wildman–Crippen MR) is 96.4 cm³/mol. The Labute approximate surface area is 140 Å². The van der Waals surface area contributed by atoms with Gasteiger partial charge in [0.05, 0.1) is 0 Å². The maximum absolute atomic E-state index is 11.0. The van der Waals surface area contributed by atoms with E-state index in [-0.39, 0.29) is 5.97 Å². The van der Waals surface area contributed by atoms with Gasteiger partial charge in [-0.05, 0) is 60.8 Å². The van der Waals surface area contributed by atoms with Gasteiger partial charge in [-0.2, -0.15) is 0 Å². The van der Waals surface area contributed by atoms with Crippen molar-refractivity contribution in [3.63, 3.8) is 0 Å². The molecule has 1 aromatic rings. The summed E-state index contributed by atoms with van der Waals surface area (Å²) in [6, 6.07) is 7.90. The smallest absolute Gasteiger partial charge is 0.308 e. The van der Waals surface area contributed by atoms with Crippen molar-refractivity contribution < 1.29 is 9.53 Å². The molecule has 126 valence electrons. The third-order valence-corrected chi connectivity index (χ3v) is 5.14. The highest BCUT2D eigenvalue weighted by molar-refractivity contribution is 5.70. The molecule has 0 radical (unpaired) electrons. The Kier molecular flexibility index (Phi) is 6.88. The molecule has 1 aromatic carbocycles. The summed E-state index contributed by atoms with van der Waals surface area (Å²) in [5.41, 5.74) is 2.71. The van der Waals surface area contributed by atoms with Crippen molar-refractivity contribution in [2.45, 2.75) is 65.7 Å². The van der Waals surface area contributed by atoms with Crippen molar-refractivity contribution in [3.8, 4) is 5.75 Å². The SMILES string of the molecule is CCC(CC)CCC1CC=C(c2ccc(OC(C)=O)cc2)CC1. The summed E-state index contributed by atoms with van der Waals surface area (Å²) in [5.74, 6) is 2.13. The van der Waals surface area contributed by atoms with E-state index < -0.39 is 0 Å². The summed E-state index contributed by atoms with van der Waals surface area (Å²) >= 11 is 0. The number of rotatable bonds is 7. The second kappa shape index (κ2) is 8.90. The maximum atomic E-state index is 11.0. The van der Waals surface area contributed by atoms with E-state index >= 15 is 0 Å². The van der Waals surface area contributed by atoms with Gasteiger partial charge >= 0.3 is 5.97 Å². The Morgan fingerprint density at radius 3 is 2.43 bits per heavy atom. The van der Waals surface area contributed by atoms with Crippen LogP contribution >= 0.6 is 0 Å². The first-order valence-corrected chi connectivity index (χ1v) is 9.10. The molecule has 0 fully saturated rings. The maximum Gasteiger partial charge on any atom is 0.308 e. The highest BCUT2D eigenvalue weighted by Crippen LogP contribution is 2.34. The highest BCUT2D eigenvalue weighted by Gasteiger charge is 2.16. The summed E-state index contributed by atoms with van der Waals surface area (Å²) in [6.07, 6.45) is 11.5. The normalized spacial score (nSPS) is 17.9. The summed E-state index contributed by atoms with van der Waals surface area (Å²) in [5, 5.41) is 0. The molecular formula is C21H30O2. The van der Waals surface area contributed by atoms with Crippen LogP contribution in [0, 0.1) is 11.8 Å². The van der Waals surface area contributed by atoms with Crippen molar-refractivity contribution >= 4 is 11.5 Å². The van der Waals surface area contributed by atoms with E-state index in [1.54, 1.807) is 0 Å². The number of carbonyl (C=O) groups excluding carboxylic acids is 1. The van der Waals surface area contributed by atoms with E-state index in [1.807, 2.05) is 12.1 Å². The van der Waals surface area contributed by atoms with Crippen LogP contribution in [0.5, 0.6) is 5.75 Å². The van der Waals surface area contributed by atoms with Gasteiger partial charge in [-0.1, -0.05) is 51.3 Å². The molecular weight excluding hydrogens is 284 g/mol. The van der Waals surface area contributed by atoms with Gasteiger partial charge in [0.1, 0.15) is 5.75 Å². The lowest BCUT2D eigenvalue weighted by Gasteiger charge is -2.24. The number of ether oxygens (including phenoxy) is 1. The average molecular weight is 314 g/mol. The molecule has 0 N–H and O–H groups in total. The second-order valence-corrected chi connectivity index (χ2v) is 6.75. The number of carbonyl (C=O) groups is 1. The highest BCUT2D eigenvalue weighted by atomic mass is 16.5. The fourth-order valence-corrected chi connectivity index (χ4v) is 3.48. The summed E-state index contributed by atoms with van der Waals surface area (Å²) < 4.78 is 5.09. The molecule has 0 spiro atoms. The summed E-state index contributed by atoms with van der Waals surface area (Å²) in [4.78, 5) is 11.0. The zero-order valence-electron chi connectivity index (χ0n) is 14.8. The minimum Gasteiger partial charge on any atom is -0.427 e. The molecule has 0 aliphatic heterocycles. The number of esters is 1. The van der Waals surface area contributed by atoms with Gasteiger partial charge in [0.2, 0.25) is 0 Å². The molecule has 0 amide bonds. The Morgan fingerprint density at radius 2 is 1.91 bits per heavy atom. The predicted octanol–water partition coefficient (Wildman–Crippen LogP) is 6.01. The molecule has 0 saturated heterocycles. The van der Waals surface area contributed by atoms with E-state index in [9.17, 15) is 4.79 Å². The van der Waals surface area contributed by atoms with Crippen LogP contribution in [-0.4, -0.2) is 5.97 Å². The van der Waals surface area contributed by atoms with Gasteiger partial charge in [-0.25, -0.2) is 0 Å². The molecule has 1 atom stereocenters. The number of benzene rings is 1. The molecule has 1 aliphatic carbocycles. The van der Waals surface area contributed by atoms with Crippen LogP contribution in [-0.2, 0) is 4.79 Å². The largest absolute Gasteiger partial charge is 0.427 e. The van der Waals surface area contributed by atoms with E-state index in [0.29, 0.717) is 5.75 Å². The molecule has 2 nitrogen and oxygen atoms in total. The topological polar surface area (TPSA) is 26.3 Å². The monoisotopic (exact) mass is 314 g/mol. The Morgan fingerprint density at radius 1 is 1.22 bits per heavy atom. The number of allylic oxidation sites excluding steroid dienone is 2. The zero-order valence-corrected chi connectivity index (χ0v) is 14.8. The van der Waals surface area contributed by atoms with Gasteiger partial charge in [0.15, 0.2) is 0 Å². The molecule has 23 heavy (non-hydrogen) atoms. The summed E-state index contributed by atoms with van der Waals surface area (Å²) in [6.45, 7) is 6.05. The lowest BCUT2D eigenvalue weighted by molar-refractivity contribution is -0.131. The Bertz CT molecular complexity index is 523. The lowest BCUT2D eigenvalue weighted by atomic mass is 9.82. The second-order valence-electron chi connectivity index (χ2n) is 6.75. The van der Waals surface area contributed by atoms with Crippen LogP contribution in [0.15, 0.2) is 30.3 Å². The minimum atomic E-state index is -0.269. The van der Waals surface area contributed by atoms with Crippen molar-refractivity contribution in [3.05, 3.63) is 35.9 Å².